The Hall–Kier alpha value is -1.84. The zero-order valence-electron chi connectivity index (χ0n) is 8.94. The summed E-state index contributed by atoms with van der Waals surface area (Å²) in [6.45, 7) is 4.89. The minimum atomic E-state index is 0.870. The van der Waals surface area contributed by atoms with Crippen molar-refractivity contribution in [1.29, 1.82) is 0 Å². The van der Waals surface area contributed by atoms with Gasteiger partial charge in [-0.15, -0.1) is 0 Å². The van der Waals surface area contributed by atoms with Crippen molar-refractivity contribution >= 4 is 5.82 Å². The molecule has 0 atom stereocenters. The number of nitrogens with zero attached hydrogens (tertiary/aromatic N) is 3. The molecule has 4 nitrogen and oxygen atoms in total. The van der Waals surface area contributed by atoms with Crippen LogP contribution in [0.4, 0.5) is 5.82 Å². The summed E-state index contributed by atoms with van der Waals surface area (Å²) in [5.74, 6) is 0.878. The lowest BCUT2D eigenvalue weighted by Gasteiger charge is -2.05. The van der Waals surface area contributed by atoms with Gasteiger partial charge in [-0.2, -0.15) is 5.10 Å². The van der Waals surface area contributed by atoms with E-state index in [1.807, 2.05) is 42.9 Å². The number of hydrogen-bond donors (Lipinski definition) is 1. The maximum atomic E-state index is 4.34. The Balaban J connectivity index is 2.32. The van der Waals surface area contributed by atoms with E-state index in [4.69, 9.17) is 0 Å². The zero-order chi connectivity index (χ0) is 10.7. The van der Waals surface area contributed by atoms with Gasteiger partial charge in [0.15, 0.2) is 0 Å². The predicted octanol–water partition coefficient (Wildman–Crippen LogP) is 2.01. The molecule has 2 aromatic heterocycles. The molecule has 0 aliphatic carbocycles. The number of rotatable bonds is 3. The van der Waals surface area contributed by atoms with Crippen molar-refractivity contribution in [2.24, 2.45) is 0 Å². The summed E-state index contributed by atoms with van der Waals surface area (Å²) >= 11 is 0. The number of aromatic nitrogens is 3. The molecule has 2 aromatic rings. The van der Waals surface area contributed by atoms with Crippen LogP contribution < -0.4 is 5.32 Å². The summed E-state index contributed by atoms with van der Waals surface area (Å²) in [4.78, 5) is 4.21. The number of pyridine rings is 1. The largest absolute Gasteiger partial charge is 0.370 e. The highest BCUT2D eigenvalue weighted by Crippen LogP contribution is 2.11. The highest BCUT2D eigenvalue weighted by atomic mass is 15.3. The Bertz CT molecular complexity index is 447. The molecule has 0 bridgehead atoms. The molecule has 2 rings (SSSR count). The summed E-state index contributed by atoms with van der Waals surface area (Å²) in [6, 6.07) is 5.90. The lowest BCUT2D eigenvalue weighted by molar-refractivity contribution is 0.860. The van der Waals surface area contributed by atoms with E-state index in [1.54, 1.807) is 6.20 Å². The third kappa shape index (κ3) is 2.15. The van der Waals surface area contributed by atoms with Gasteiger partial charge in [-0.25, -0.2) is 9.67 Å². The fourth-order valence-corrected chi connectivity index (χ4v) is 1.40. The maximum absolute atomic E-state index is 4.34. The second-order valence-corrected chi connectivity index (χ2v) is 3.33. The van der Waals surface area contributed by atoms with Crippen LogP contribution in [-0.2, 0) is 0 Å². The molecule has 0 fully saturated rings. The van der Waals surface area contributed by atoms with Crippen molar-refractivity contribution < 1.29 is 0 Å². The average Bonchev–Trinajstić information content (AvgIpc) is 2.66. The minimum Gasteiger partial charge on any atom is -0.370 e. The van der Waals surface area contributed by atoms with Crippen LogP contribution in [0.15, 0.2) is 30.6 Å². The van der Waals surface area contributed by atoms with Crippen LogP contribution in [0.2, 0.25) is 0 Å². The van der Waals surface area contributed by atoms with Gasteiger partial charge in [0.2, 0.25) is 0 Å². The molecule has 4 heteroatoms. The van der Waals surface area contributed by atoms with Crippen molar-refractivity contribution in [3.8, 4) is 5.69 Å². The third-order valence-electron chi connectivity index (χ3n) is 2.09. The first-order valence-corrected chi connectivity index (χ1v) is 5.02. The molecule has 1 N–H and O–H groups in total. The zero-order valence-corrected chi connectivity index (χ0v) is 8.94. The van der Waals surface area contributed by atoms with Crippen molar-refractivity contribution in [3.63, 3.8) is 0 Å². The molecule has 0 aliphatic heterocycles. The van der Waals surface area contributed by atoms with Gasteiger partial charge in [0.05, 0.1) is 11.4 Å². The SMILES string of the molecule is CCNc1cc(-n2ccc(C)n2)ccn1. The highest BCUT2D eigenvalue weighted by molar-refractivity contribution is 5.44. The van der Waals surface area contributed by atoms with E-state index in [1.165, 1.54) is 0 Å². The first-order chi connectivity index (χ1) is 7.29. The minimum absolute atomic E-state index is 0.870. The van der Waals surface area contributed by atoms with Crippen molar-refractivity contribution in [2.75, 3.05) is 11.9 Å². The van der Waals surface area contributed by atoms with E-state index in [9.17, 15) is 0 Å². The van der Waals surface area contributed by atoms with Crippen molar-refractivity contribution in [2.45, 2.75) is 13.8 Å². The molecule has 2 heterocycles. The summed E-state index contributed by atoms with van der Waals surface area (Å²) in [7, 11) is 0. The third-order valence-corrected chi connectivity index (χ3v) is 2.09. The molecule has 0 amide bonds. The number of aryl methyl sites for hydroxylation is 1. The second kappa shape index (κ2) is 4.13. The fraction of sp³-hybridized carbons (Fsp3) is 0.273. The molecule has 0 unspecified atom stereocenters. The summed E-state index contributed by atoms with van der Waals surface area (Å²) in [5.41, 5.74) is 2.03. The molecule has 0 radical (unpaired) electrons. The Morgan fingerprint density at radius 1 is 1.40 bits per heavy atom. The first kappa shape index (κ1) is 9.71. The molecule has 0 spiro atoms. The summed E-state index contributed by atoms with van der Waals surface area (Å²) in [6.07, 6.45) is 3.73. The monoisotopic (exact) mass is 202 g/mol. The summed E-state index contributed by atoms with van der Waals surface area (Å²) < 4.78 is 1.85. The number of nitrogens with one attached hydrogen (secondary N) is 1. The van der Waals surface area contributed by atoms with Gasteiger partial charge >= 0.3 is 0 Å². The Labute approximate surface area is 89.0 Å². The van der Waals surface area contributed by atoms with Crippen LogP contribution in [0, 0.1) is 6.92 Å². The van der Waals surface area contributed by atoms with E-state index in [0.717, 1.165) is 23.7 Å². The van der Waals surface area contributed by atoms with Crippen LogP contribution in [0.3, 0.4) is 0 Å². The molecule has 78 valence electrons. The van der Waals surface area contributed by atoms with Gasteiger partial charge in [-0.05, 0) is 26.0 Å². The molecule has 0 aliphatic rings. The smallest absolute Gasteiger partial charge is 0.128 e. The van der Waals surface area contributed by atoms with Gasteiger partial charge in [-0.3, -0.25) is 0 Å². The van der Waals surface area contributed by atoms with Crippen molar-refractivity contribution in [1.82, 2.24) is 14.8 Å². The predicted molar refractivity (Wildman–Crippen MR) is 60.3 cm³/mol. The normalized spacial score (nSPS) is 10.3. The van der Waals surface area contributed by atoms with E-state index in [-0.39, 0.29) is 0 Å². The van der Waals surface area contributed by atoms with E-state index in [2.05, 4.69) is 15.4 Å². The van der Waals surface area contributed by atoms with Crippen LogP contribution in [0.5, 0.6) is 0 Å². The Morgan fingerprint density at radius 2 is 2.27 bits per heavy atom. The second-order valence-electron chi connectivity index (χ2n) is 3.33. The van der Waals surface area contributed by atoms with Crippen LogP contribution >= 0.6 is 0 Å². The van der Waals surface area contributed by atoms with E-state index >= 15 is 0 Å². The van der Waals surface area contributed by atoms with Crippen LogP contribution in [-0.4, -0.2) is 21.3 Å². The average molecular weight is 202 g/mol. The van der Waals surface area contributed by atoms with Gasteiger partial charge < -0.3 is 5.32 Å². The lowest BCUT2D eigenvalue weighted by Crippen LogP contribution is -2.01. The lowest BCUT2D eigenvalue weighted by atomic mass is 10.4. The molecule has 0 aromatic carbocycles. The standard InChI is InChI=1S/C11H14N4/c1-3-12-11-8-10(4-6-13-11)15-7-5-9(2)14-15/h4-8H,3H2,1-2H3,(H,12,13). The molecular formula is C11H14N4. The van der Waals surface area contributed by atoms with Crippen LogP contribution in [0.25, 0.3) is 5.69 Å². The number of hydrogen-bond acceptors (Lipinski definition) is 3. The van der Waals surface area contributed by atoms with Crippen LogP contribution in [0.1, 0.15) is 12.6 Å². The Kier molecular flexibility index (Phi) is 2.67. The van der Waals surface area contributed by atoms with E-state index < -0.39 is 0 Å². The highest BCUT2D eigenvalue weighted by Gasteiger charge is 1.99. The van der Waals surface area contributed by atoms with Gasteiger partial charge in [0.1, 0.15) is 5.82 Å². The first-order valence-electron chi connectivity index (χ1n) is 5.02. The van der Waals surface area contributed by atoms with Gasteiger partial charge in [-0.1, -0.05) is 0 Å². The van der Waals surface area contributed by atoms with Gasteiger partial charge in [0.25, 0.3) is 0 Å². The number of anilines is 1. The molecule has 0 saturated heterocycles. The molecule has 0 saturated carbocycles. The Morgan fingerprint density at radius 3 is 2.93 bits per heavy atom. The topological polar surface area (TPSA) is 42.7 Å². The fourth-order valence-electron chi connectivity index (χ4n) is 1.40. The van der Waals surface area contributed by atoms with Gasteiger partial charge in [0, 0.05) is 25.0 Å². The van der Waals surface area contributed by atoms with Crippen molar-refractivity contribution in [3.05, 3.63) is 36.3 Å². The molecule has 15 heavy (non-hydrogen) atoms. The molecular weight excluding hydrogens is 188 g/mol. The quantitative estimate of drug-likeness (QED) is 0.827. The van der Waals surface area contributed by atoms with E-state index in [0.29, 0.717) is 0 Å². The summed E-state index contributed by atoms with van der Waals surface area (Å²) in [5, 5.41) is 7.52. The maximum Gasteiger partial charge on any atom is 0.128 e.